The molecule has 1 amide bonds. The molecular weight excluding hydrogens is 368 g/mol. The lowest BCUT2D eigenvalue weighted by Gasteiger charge is -2.49. The number of fused-ring (bicyclic) bond motifs is 3. The Morgan fingerprint density at radius 3 is 2.66 bits per heavy atom. The van der Waals surface area contributed by atoms with Gasteiger partial charge in [-0.25, -0.2) is 0 Å². The number of rotatable bonds is 4. The maximum Gasteiger partial charge on any atom is 0.302 e. The topological polar surface area (TPSA) is 75.7 Å². The number of carbonyl (C=O) groups is 3. The lowest BCUT2D eigenvalue weighted by Crippen LogP contribution is -2.56. The minimum Gasteiger partial charge on any atom is -0.462 e. The Balaban J connectivity index is 2.07. The lowest BCUT2D eigenvalue weighted by atomic mass is 9.69. The number of amides is 1. The number of ketones is 1. The average molecular weight is 399 g/mol. The van der Waals surface area contributed by atoms with Gasteiger partial charge in [0.05, 0.1) is 11.1 Å². The highest BCUT2D eigenvalue weighted by Crippen LogP contribution is 2.45. The van der Waals surface area contributed by atoms with Crippen LogP contribution in [-0.4, -0.2) is 48.3 Å². The van der Waals surface area contributed by atoms with Gasteiger partial charge in [-0.2, -0.15) is 0 Å². The molecular formula is C23H30N2O4. The van der Waals surface area contributed by atoms with Crippen molar-refractivity contribution in [3.63, 3.8) is 0 Å². The van der Waals surface area contributed by atoms with Gasteiger partial charge in [0.25, 0.3) is 0 Å². The third kappa shape index (κ3) is 3.86. The number of carbonyl (C=O) groups excluding carboxylic acids is 3. The summed E-state index contributed by atoms with van der Waals surface area (Å²) in [5.74, 6) is -0.535. The van der Waals surface area contributed by atoms with Crippen LogP contribution >= 0.6 is 0 Å². The molecule has 0 aromatic heterocycles. The summed E-state index contributed by atoms with van der Waals surface area (Å²) in [5.41, 5.74) is 1.11. The van der Waals surface area contributed by atoms with E-state index in [0.29, 0.717) is 17.7 Å². The van der Waals surface area contributed by atoms with Crippen LogP contribution in [0.3, 0.4) is 0 Å². The predicted octanol–water partition coefficient (Wildman–Crippen LogP) is 3.39. The van der Waals surface area contributed by atoms with Crippen LogP contribution in [0.4, 0.5) is 5.69 Å². The highest BCUT2D eigenvalue weighted by atomic mass is 16.5. The fraction of sp³-hybridized carbons (Fsp3) is 0.522. The third-order valence-electron chi connectivity index (χ3n) is 6.25. The normalized spacial score (nSPS) is 26.9. The molecule has 1 N–H and O–H groups in total. The number of benzene rings is 1. The highest BCUT2D eigenvalue weighted by molar-refractivity contribution is 6.08. The van der Waals surface area contributed by atoms with E-state index >= 15 is 0 Å². The molecule has 1 fully saturated rings. The first-order valence-corrected chi connectivity index (χ1v) is 10.1. The largest absolute Gasteiger partial charge is 0.462 e. The molecule has 156 valence electrons. The smallest absolute Gasteiger partial charge is 0.302 e. The number of Topliss-reactive ketones (excluding diaryl/α,β-unsaturated/α-hetero) is 1. The second-order valence-corrected chi connectivity index (χ2v) is 8.86. The van der Waals surface area contributed by atoms with Crippen molar-refractivity contribution in [2.24, 2.45) is 11.3 Å². The maximum atomic E-state index is 13.1. The van der Waals surface area contributed by atoms with Gasteiger partial charge in [-0.05, 0) is 32.5 Å². The Hall–Kier alpha value is -2.47. The summed E-state index contributed by atoms with van der Waals surface area (Å²) in [5, 5.41) is 2.91. The summed E-state index contributed by atoms with van der Waals surface area (Å²) in [6.07, 6.45) is 1.61. The van der Waals surface area contributed by atoms with Crippen LogP contribution in [0.5, 0.6) is 0 Å². The van der Waals surface area contributed by atoms with E-state index in [0.717, 1.165) is 12.1 Å². The number of anilines is 1. The zero-order valence-electron chi connectivity index (χ0n) is 17.8. The van der Waals surface area contributed by atoms with Gasteiger partial charge in [0.15, 0.2) is 5.78 Å². The molecule has 1 aliphatic heterocycles. The molecule has 4 atom stereocenters. The number of hydrogen-bond acceptors (Lipinski definition) is 5. The Labute approximate surface area is 172 Å². The zero-order chi connectivity index (χ0) is 21.5. The number of ether oxygens (including phenoxy) is 1. The van der Waals surface area contributed by atoms with Crippen LogP contribution in [0.2, 0.25) is 0 Å². The van der Waals surface area contributed by atoms with Crippen molar-refractivity contribution in [2.45, 2.75) is 52.2 Å². The second kappa shape index (κ2) is 7.75. The van der Waals surface area contributed by atoms with Gasteiger partial charge in [0.1, 0.15) is 6.10 Å². The van der Waals surface area contributed by atoms with Crippen molar-refractivity contribution in [3.05, 3.63) is 42.0 Å². The number of hydrogen-bond donors (Lipinski definition) is 1. The molecule has 0 bridgehead atoms. The van der Waals surface area contributed by atoms with Gasteiger partial charge in [-0.3, -0.25) is 14.4 Å². The van der Waals surface area contributed by atoms with Crippen molar-refractivity contribution < 1.29 is 19.1 Å². The number of likely N-dealkylation sites (tertiary alicyclic amines) is 1. The van der Waals surface area contributed by atoms with Gasteiger partial charge in [-0.15, -0.1) is 6.58 Å². The fourth-order valence-electron chi connectivity index (χ4n) is 4.52. The Kier molecular flexibility index (Phi) is 5.68. The van der Waals surface area contributed by atoms with Crippen molar-refractivity contribution in [3.8, 4) is 0 Å². The van der Waals surface area contributed by atoms with Crippen molar-refractivity contribution in [2.75, 3.05) is 18.9 Å². The molecule has 2 aliphatic rings. The molecule has 0 unspecified atom stereocenters. The van der Waals surface area contributed by atoms with Gasteiger partial charge in [0.2, 0.25) is 5.91 Å². The third-order valence-corrected chi connectivity index (χ3v) is 6.25. The molecule has 0 saturated carbocycles. The zero-order valence-corrected chi connectivity index (χ0v) is 17.8. The lowest BCUT2D eigenvalue weighted by molar-refractivity contribution is -0.155. The summed E-state index contributed by atoms with van der Waals surface area (Å²) in [6.45, 7) is 11.5. The maximum absolute atomic E-state index is 13.1. The quantitative estimate of drug-likeness (QED) is 0.622. The number of nitrogens with zero attached hydrogens (tertiary/aromatic N) is 1. The Morgan fingerprint density at radius 2 is 2.03 bits per heavy atom. The van der Waals surface area contributed by atoms with Crippen molar-refractivity contribution in [1.29, 1.82) is 0 Å². The molecule has 1 aromatic carbocycles. The van der Waals surface area contributed by atoms with Gasteiger partial charge < -0.3 is 15.0 Å². The molecule has 1 aliphatic carbocycles. The van der Waals surface area contributed by atoms with Crippen LogP contribution in [0.25, 0.3) is 0 Å². The summed E-state index contributed by atoms with van der Waals surface area (Å²) >= 11 is 0. The summed E-state index contributed by atoms with van der Waals surface area (Å²) in [4.78, 5) is 39.8. The van der Waals surface area contributed by atoms with Gasteiger partial charge in [-0.1, -0.05) is 25.1 Å². The monoisotopic (exact) mass is 398 g/mol. The molecule has 1 aromatic rings. The molecule has 1 heterocycles. The Bertz CT molecular complexity index is 860. The number of nitrogens with one attached hydrogen (secondary N) is 1. The predicted molar refractivity (Wildman–Crippen MR) is 112 cm³/mol. The van der Waals surface area contributed by atoms with E-state index in [9.17, 15) is 14.4 Å². The number of esters is 1. The Morgan fingerprint density at radius 1 is 1.34 bits per heavy atom. The summed E-state index contributed by atoms with van der Waals surface area (Å²) in [6, 6.07) is 5.48. The summed E-state index contributed by atoms with van der Waals surface area (Å²) in [7, 11) is 2.01. The summed E-state index contributed by atoms with van der Waals surface area (Å²) < 4.78 is 5.73. The molecule has 6 heteroatoms. The van der Waals surface area contributed by atoms with E-state index in [1.54, 1.807) is 26.0 Å². The van der Waals surface area contributed by atoms with E-state index < -0.39 is 5.41 Å². The van der Waals surface area contributed by atoms with Crippen LogP contribution in [0, 0.1) is 11.3 Å². The fourth-order valence-corrected chi connectivity index (χ4v) is 4.52. The van der Waals surface area contributed by atoms with E-state index in [4.69, 9.17) is 4.74 Å². The first-order valence-electron chi connectivity index (χ1n) is 10.1. The van der Waals surface area contributed by atoms with E-state index in [1.165, 1.54) is 6.92 Å². The minimum atomic E-state index is -0.761. The van der Waals surface area contributed by atoms with E-state index in [-0.39, 0.29) is 41.6 Å². The van der Waals surface area contributed by atoms with Crippen LogP contribution in [-0.2, 0) is 14.3 Å². The van der Waals surface area contributed by atoms with Crippen LogP contribution < -0.4 is 5.32 Å². The number of likely N-dealkylation sites (N-methyl/N-ethyl adjacent to an activating group) is 1. The molecule has 0 spiro atoms. The van der Waals surface area contributed by atoms with Crippen LogP contribution in [0.1, 0.15) is 56.0 Å². The molecule has 0 radical (unpaired) electrons. The molecule has 1 saturated heterocycles. The van der Waals surface area contributed by atoms with Crippen molar-refractivity contribution >= 4 is 23.3 Å². The minimum absolute atomic E-state index is 0.00321. The molecule has 6 nitrogen and oxygen atoms in total. The van der Waals surface area contributed by atoms with Gasteiger partial charge >= 0.3 is 5.97 Å². The van der Waals surface area contributed by atoms with Gasteiger partial charge in [0, 0.05) is 43.3 Å². The average Bonchev–Trinajstić information content (AvgIpc) is 2.65. The first-order chi connectivity index (χ1) is 13.6. The van der Waals surface area contributed by atoms with Crippen molar-refractivity contribution in [1.82, 2.24) is 4.90 Å². The SMILES string of the molecule is C=CC(C)(C)C(=O)Nc1cccc2c1C(=O)C[C@@H]1[C@@H]2[C@@H](OC(C)=O)[C@H](C)CN1C. The standard InChI is InChI=1S/C23H30N2O4/c1-7-23(4,5)22(28)24-16-10-8-9-15-19(16)18(27)11-17-20(15)21(29-14(3)26)13(2)12-25(17)6/h7-10,13,17,20-21H,1,11-12H2,2-6H3,(H,24,28)/t13-,17-,20-,21+/m1/s1. The first kappa shape index (κ1) is 21.2. The highest BCUT2D eigenvalue weighted by Gasteiger charge is 2.48. The van der Waals surface area contributed by atoms with E-state index in [1.807, 2.05) is 19.2 Å². The number of piperidine rings is 1. The molecule has 29 heavy (non-hydrogen) atoms. The molecule has 3 rings (SSSR count). The second-order valence-electron chi connectivity index (χ2n) is 8.86. The van der Waals surface area contributed by atoms with Crippen LogP contribution in [0.15, 0.2) is 30.9 Å². The van der Waals surface area contributed by atoms with E-state index in [2.05, 4.69) is 23.7 Å².